The van der Waals surface area contributed by atoms with Crippen LogP contribution in [-0.4, -0.2) is 23.0 Å². The van der Waals surface area contributed by atoms with E-state index in [1.807, 2.05) is 6.07 Å². The number of nitriles is 1. The van der Waals surface area contributed by atoms with E-state index in [0.29, 0.717) is 36.8 Å². The number of ether oxygens (including phenoxy) is 1. The second-order valence-electron chi connectivity index (χ2n) is 6.64. The van der Waals surface area contributed by atoms with E-state index >= 15 is 0 Å². The van der Waals surface area contributed by atoms with Gasteiger partial charge in [-0.2, -0.15) is 18.4 Å². The van der Waals surface area contributed by atoms with Gasteiger partial charge in [0, 0.05) is 23.9 Å². The van der Waals surface area contributed by atoms with Crippen molar-refractivity contribution in [1.29, 1.82) is 5.26 Å². The highest BCUT2D eigenvalue weighted by Crippen LogP contribution is 2.30. The van der Waals surface area contributed by atoms with Gasteiger partial charge < -0.3 is 10.1 Å². The third-order valence-electron chi connectivity index (χ3n) is 4.61. The van der Waals surface area contributed by atoms with Crippen LogP contribution in [0.4, 0.5) is 13.2 Å². The van der Waals surface area contributed by atoms with Gasteiger partial charge in [0.05, 0.1) is 17.2 Å². The summed E-state index contributed by atoms with van der Waals surface area (Å²) in [6.45, 7) is 0. The van der Waals surface area contributed by atoms with Gasteiger partial charge in [0.2, 0.25) is 5.88 Å². The molecule has 0 aliphatic heterocycles. The summed E-state index contributed by atoms with van der Waals surface area (Å²) < 4.78 is 43.3. The summed E-state index contributed by atoms with van der Waals surface area (Å²) in [4.78, 5) is 16.0. The van der Waals surface area contributed by atoms with Crippen molar-refractivity contribution in [2.75, 3.05) is 0 Å². The van der Waals surface area contributed by atoms with Crippen LogP contribution in [0.2, 0.25) is 0 Å². The lowest BCUT2D eigenvalue weighted by Crippen LogP contribution is -2.39. The number of nitrogens with zero attached hydrogens (tertiary/aromatic N) is 2. The van der Waals surface area contributed by atoms with Gasteiger partial charge in [-0.05, 0) is 49.9 Å². The van der Waals surface area contributed by atoms with Crippen molar-refractivity contribution in [1.82, 2.24) is 10.3 Å². The highest BCUT2D eigenvalue weighted by Gasteiger charge is 2.31. The van der Waals surface area contributed by atoms with Crippen molar-refractivity contribution in [3.63, 3.8) is 0 Å². The summed E-state index contributed by atoms with van der Waals surface area (Å²) in [6.07, 6.45) is -1.12. The normalized spacial score (nSPS) is 19.5. The molecule has 8 heteroatoms. The number of nitrogens with one attached hydrogen (secondary N) is 1. The predicted octanol–water partition coefficient (Wildman–Crippen LogP) is 4.09. The van der Waals surface area contributed by atoms with Gasteiger partial charge in [-0.1, -0.05) is 6.07 Å². The fourth-order valence-corrected chi connectivity index (χ4v) is 3.11. The van der Waals surface area contributed by atoms with E-state index in [9.17, 15) is 18.0 Å². The number of rotatable bonds is 4. The minimum absolute atomic E-state index is 0.0151. The first kappa shape index (κ1) is 19.7. The lowest BCUT2D eigenvalue weighted by molar-refractivity contribution is -0.137. The number of alkyl halides is 3. The van der Waals surface area contributed by atoms with Crippen molar-refractivity contribution < 1.29 is 22.7 Å². The van der Waals surface area contributed by atoms with Crippen LogP contribution in [0.5, 0.6) is 5.88 Å². The number of benzene rings is 1. The first-order valence-electron chi connectivity index (χ1n) is 8.86. The molecule has 1 amide bonds. The van der Waals surface area contributed by atoms with Crippen molar-refractivity contribution in [3.05, 3.63) is 59.3 Å². The van der Waals surface area contributed by atoms with E-state index in [4.69, 9.17) is 10.00 Å². The van der Waals surface area contributed by atoms with Gasteiger partial charge in [0.15, 0.2) is 0 Å². The maximum atomic E-state index is 12.6. The third kappa shape index (κ3) is 5.00. The maximum Gasteiger partial charge on any atom is 0.417 e. The van der Waals surface area contributed by atoms with Crippen LogP contribution >= 0.6 is 0 Å². The summed E-state index contributed by atoms with van der Waals surface area (Å²) in [6, 6.07) is 10.6. The monoisotopic (exact) mass is 389 g/mol. The van der Waals surface area contributed by atoms with Crippen LogP contribution in [0.1, 0.15) is 47.2 Å². The Hall–Kier alpha value is -3.08. The SMILES string of the molecule is N#Cc1cccc(C(=O)NC2CCC(Oc3ccc(C(F)(F)F)cn3)CC2)c1. The quantitative estimate of drug-likeness (QED) is 0.855. The van der Waals surface area contributed by atoms with Gasteiger partial charge in [0.25, 0.3) is 5.91 Å². The Morgan fingerprint density at radius 1 is 1.18 bits per heavy atom. The Bertz CT molecular complexity index is 868. The molecule has 1 aromatic carbocycles. The molecule has 0 atom stereocenters. The highest BCUT2D eigenvalue weighted by atomic mass is 19.4. The molecule has 0 bridgehead atoms. The van der Waals surface area contributed by atoms with Gasteiger partial charge in [-0.3, -0.25) is 4.79 Å². The second kappa shape index (κ2) is 8.30. The van der Waals surface area contributed by atoms with Crippen LogP contribution in [0, 0.1) is 11.3 Å². The molecular formula is C20H18F3N3O2. The van der Waals surface area contributed by atoms with Crippen LogP contribution in [0.15, 0.2) is 42.6 Å². The molecule has 0 spiro atoms. The number of halogens is 3. The first-order chi connectivity index (χ1) is 13.3. The molecule has 3 rings (SSSR count). The van der Waals surface area contributed by atoms with Gasteiger partial charge in [-0.25, -0.2) is 4.98 Å². The molecule has 28 heavy (non-hydrogen) atoms. The summed E-state index contributed by atoms with van der Waals surface area (Å²) >= 11 is 0. The van der Waals surface area contributed by atoms with Crippen molar-refractivity contribution >= 4 is 5.91 Å². The number of pyridine rings is 1. The van der Waals surface area contributed by atoms with E-state index in [0.717, 1.165) is 12.3 Å². The molecule has 2 aromatic rings. The van der Waals surface area contributed by atoms with Crippen molar-refractivity contribution in [2.45, 2.75) is 44.0 Å². The molecule has 1 fully saturated rings. The highest BCUT2D eigenvalue weighted by molar-refractivity contribution is 5.94. The smallest absolute Gasteiger partial charge is 0.417 e. The second-order valence-corrected chi connectivity index (χ2v) is 6.64. The Morgan fingerprint density at radius 3 is 2.54 bits per heavy atom. The predicted molar refractivity (Wildman–Crippen MR) is 94.5 cm³/mol. The summed E-state index contributed by atoms with van der Waals surface area (Å²) in [5, 5.41) is 11.9. The standard InChI is InChI=1S/C20H18F3N3O2/c21-20(22,23)15-4-9-18(25-12-15)28-17-7-5-16(6-8-17)26-19(27)14-3-1-2-13(10-14)11-24/h1-4,9-10,12,16-17H,5-8H2,(H,26,27). The zero-order chi connectivity index (χ0) is 20.1. The molecule has 1 heterocycles. The largest absolute Gasteiger partial charge is 0.474 e. The molecule has 146 valence electrons. The average molecular weight is 389 g/mol. The minimum Gasteiger partial charge on any atom is -0.474 e. The zero-order valence-corrected chi connectivity index (χ0v) is 14.9. The third-order valence-corrected chi connectivity index (χ3v) is 4.61. The minimum atomic E-state index is -4.42. The fraction of sp³-hybridized carbons (Fsp3) is 0.350. The zero-order valence-electron chi connectivity index (χ0n) is 14.9. The van der Waals surface area contributed by atoms with Crippen molar-refractivity contribution in [3.8, 4) is 11.9 Å². The molecule has 0 saturated heterocycles. The van der Waals surface area contributed by atoms with E-state index < -0.39 is 11.7 Å². The van der Waals surface area contributed by atoms with E-state index in [1.165, 1.54) is 6.07 Å². The number of carbonyl (C=O) groups is 1. The van der Waals surface area contributed by atoms with E-state index in [1.54, 1.807) is 24.3 Å². The van der Waals surface area contributed by atoms with Gasteiger partial charge in [0.1, 0.15) is 6.10 Å². The molecule has 0 radical (unpaired) electrons. The van der Waals surface area contributed by atoms with Crippen LogP contribution in [0.3, 0.4) is 0 Å². The lowest BCUT2D eigenvalue weighted by atomic mass is 9.92. The molecule has 1 aliphatic rings. The summed E-state index contributed by atoms with van der Waals surface area (Å²) in [5.41, 5.74) is 0.0481. The summed E-state index contributed by atoms with van der Waals surface area (Å²) in [7, 11) is 0. The topological polar surface area (TPSA) is 75.0 Å². The summed E-state index contributed by atoms with van der Waals surface area (Å²) in [5.74, 6) is -0.0697. The Kier molecular flexibility index (Phi) is 5.83. The molecule has 1 saturated carbocycles. The molecular weight excluding hydrogens is 371 g/mol. The number of carbonyl (C=O) groups excluding carboxylic acids is 1. The molecule has 0 unspecified atom stereocenters. The van der Waals surface area contributed by atoms with Crippen LogP contribution in [0.25, 0.3) is 0 Å². The number of amides is 1. The number of hydrogen-bond acceptors (Lipinski definition) is 4. The van der Waals surface area contributed by atoms with Crippen molar-refractivity contribution in [2.24, 2.45) is 0 Å². The fourth-order valence-electron chi connectivity index (χ4n) is 3.11. The Labute approximate surface area is 160 Å². The molecule has 1 aromatic heterocycles. The van der Waals surface area contributed by atoms with E-state index in [2.05, 4.69) is 10.3 Å². The van der Waals surface area contributed by atoms with Gasteiger partial charge >= 0.3 is 6.18 Å². The lowest BCUT2D eigenvalue weighted by Gasteiger charge is -2.29. The molecule has 1 aliphatic carbocycles. The molecule has 5 nitrogen and oxygen atoms in total. The van der Waals surface area contributed by atoms with Crippen LogP contribution < -0.4 is 10.1 Å². The first-order valence-corrected chi connectivity index (χ1v) is 8.86. The number of hydrogen-bond donors (Lipinski definition) is 1. The maximum absolute atomic E-state index is 12.6. The average Bonchev–Trinajstić information content (AvgIpc) is 2.69. The van der Waals surface area contributed by atoms with E-state index in [-0.39, 0.29) is 23.9 Å². The number of aromatic nitrogens is 1. The Balaban J connectivity index is 1.49. The Morgan fingerprint density at radius 2 is 1.93 bits per heavy atom. The molecule has 1 N–H and O–H groups in total. The van der Waals surface area contributed by atoms with Gasteiger partial charge in [-0.15, -0.1) is 0 Å². The van der Waals surface area contributed by atoms with Crippen LogP contribution in [-0.2, 0) is 6.18 Å².